The van der Waals surface area contributed by atoms with Gasteiger partial charge in [-0.15, -0.1) is 0 Å². The van der Waals surface area contributed by atoms with E-state index in [4.69, 9.17) is 13.9 Å². The average molecular weight is 351 g/mol. The Morgan fingerprint density at radius 2 is 1.73 bits per heavy atom. The molecule has 0 saturated carbocycles. The molecule has 3 rings (SSSR count). The minimum absolute atomic E-state index is 0.620. The van der Waals surface area contributed by atoms with Gasteiger partial charge in [0.05, 0.1) is 24.8 Å². The van der Waals surface area contributed by atoms with Crippen molar-refractivity contribution in [2.45, 2.75) is 34.1 Å². The first-order valence-electron chi connectivity index (χ1n) is 9.30. The predicted octanol–water partition coefficient (Wildman–Crippen LogP) is 6.51. The van der Waals surface area contributed by atoms with Crippen LogP contribution in [0.3, 0.4) is 0 Å². The van der Waals surface area contributed by atoms with E-state index in [0.717, 1.165) is 46.8 Å². The van der Waals surface area contributed by atoms with Gasteiger partial charge in [-0.3, -0.25) is 0 Å². The molecule has 0 saturated heterocycles. The van der Waals surface area contributed by atoms with Crippen molar-refractivity contribution in [3.05, 3.63) is 54.1 Å². The molecule has 0 aliphatic carbocycles. The first-order valence-corrected chi connectivity index (χ1v) is 9.30. The molecule has 2 aromatic carbocycles. The fourth-order valence-electron chi connectivity index (χ4n) is 2.82. The lowest BCUT2D eigenvalue weighted by atomic mass is 10.1. The van der Waals surface area contributed by atoms with Gasteiger partial charge >= 0.3 is 11.3 Å². The van der Waals surface area contributed by atoms with Gasteiger partial charge in [-0.25, -0.2) is 4.42 Å². The van der Waals surface area contributed by atoms with Crippen molar-refractivity contribution >= 4 is 11.0 Å². The van der Waals surface area contributed by atoms with E-state index >= 15 is 0 Å². The van der Waals surface area contributed by atoms with Crippen LogP contribution in [0.4, 0.5) is 0 Å². The highest BCUT2D eigenvalue weighted by molar-refractivity contribution is 5.86. The second-order valence-corrected chi connectivity index (χ2v) is 6.96. The zero-order chi connectivity index (χ0) is 18.5. The summed E-state index contributed by atoms with van der Waals surface area (Å²) in [5.41, 5.74) is 3.02. The van der Waals surface area contributed by atoms with E-state index in [9.17, 15) is 0 Å². The fourth-order valence-corrected chi connectivity index (χ4v) is 2.82. The van der Waals surface area contributed by atoms with Gasteiger partial charge < -0.3 is 9.47 Å². The first-order chi connectivity index (χ1) is 12.6. The molecule has 3 nitrogen and oxygen atoms in total. The number of benzene rings is 2. The third kappa shape index (κ3) is 4.34. The molecule has 0 aliphatic rings. The molecule has 1 heterocycles. The lowest BCUT2D eigenvalue weighted by Crippen LogP contribution is -2.01. The summed E-state index contributed by atoms with van der Waals surface area (Å²) in [6.45, 7) is 9.83. The summed E-state index contributed by atoms with van der Waals surface area (Å²) < 4.78 is 17.8. The number of rotatable bonds is 7. The van der Waals surface area contributed by atoms with Crippen LogP contribution in [-0.2, 0) is 0 Å². The molecule has 26 heavy (non-hydrogen) atoms. The molecule has 0 spiro atoms. The minimum atomic E-state index is 0.620. The summed E-state index contributed by atoms with van der Waals surface area (Å²) in [4.78, 5) is 0. The maximum atomic E-state index is 6.12. The zero-order valence-corrected chi connectivity index (χ0v) is 16.0. The molecule has 3 aromatic rings. The summed E-state index contributed by atoms with van der Waals surface area (Å²) in [7, 11) is 0. The van der Waals surface area contributed by atoms with E-state index in [1.807, 2.05) is 43.3 Å². The Labute approximate surface area is 155 Å². The Balaban J connectivity index is 1.88. The van der Waals surface area contributed by atoms with Crippen LogP contribution in [-0.4, -0.2) is 13.2 Å². The fraction of sp³-hybridized carbons (Fsp3) is 0.348. The number of hydrogen-bond donors (Lipinski definition) is 0. The van der Waals surface area contributed by atoms with Crippen LogP contribution in [0.2, 0.25) is 0 Å². The van der Waals surface area contributed by atoms with Crippen LogP contribution in [0.1, 0.15) is 32.8 Å². The summed E-state index contributed by atoms with van der Waals surface area (Å²) in [5, 5.41) is 1.00. The number of hydrogen-bond acceptors (Lipinski definition) is 2. The highest BCUT2D eigenvalue weighted by Crippen LogP contribution is 2.34. The zero-order valence-electron chi connectivity index (χ0n) is 16.0. The van der Waals surface area contributed by atoms with Crippen LogP contribution in [0.15, 0.2) is 52.9 Å². The van der Waals surface area contributed by atoms with E-state index in [-0.39, 0.29) is 0 Å². The molecule has 0 radical (unpaired) electrons. The average Bonchev–Trinajstić information content (AvgIpc) is 2.62. The highest BCUT2D eigenvalue weighted by Gasteiger charge is 2.20. The number of ether oxygens (including phenoxy) is 2. The van der Waals surface area contributed by atoms with Crippen LogP contribution < -0.4 is 9.47 Å². The number of aryl methyl sites for hydroxylation is 1. The van der Waals surface area contributed by atoms with Crippen molar-refractivity contribution in [1.82, 2.24) is 0 Å². The largest absolute Gasteiger partial charge is 0.494 e. The SMILES string of the molecule is CCOc1cc(-c2ccc(OCCC(C)C)cc2)[o+]c2ccc(C)cc12. The molecular weight excluding hydrogens is 324 g/mol. The van der Waals surface area contributed by atoms with Crippen molar-refractivity contribution in [2.75, 3.05) is 13.2 Å². The van der Waals surface area contributed by atoms with Gasteiger partial charge in [0.2, 0.25) is 0 Å². The molecular formula is C23H27O3+. The molecule has 0 fully saturated rings. The molecule has 3 heteroatoms. The van der Waals surface area contributed by atoms with Gasteiger partial charge in [-0.2, -0.15) is 0 Å². The summed E-state index contributed by atoms with van der Waals surface area (Å²) in [6, 6.07) is 16.2. The van der Waals surface area contributed by atoms with Crippen molar-refractivity contribution in [3.63, 3.8) is 0 Å². The normalized spacial score (nSPS) is 11.1. The van der Waals surface area contributed by atoms with Crippen LogP contribution in [0.5, 0.6) is 11.5 Å². The molecule has 0 unspecified atom stereocenters. The molecule has 0 bridgehead atoms. The molecule has 0 atom stereocenters. The Hall–Kier alpha value is -2.55. The standard InChI is InChI=1S/C23H27O3/c1-5-24-23-15-22(26-21-11-6-17(4)14-20(21)23)18-7-9-19(10-8-18)25-13-12-16(2)3/h6-11,14-16H,5,12-13H2,1-4H3/q+1. The third-order valence-electron chi connectivity index (χ3n) is 4.29. The maximum absolute atomic E-state index is 6.12. The van der Waals surface area contributed by atoms with Crippen LogP contribution in [0.25, 0.3) is 22.3 Å². The Kier molecular flexibility index (Phi) is 5.77. The van der Waals surface area contributed by atoms with Crippen molar-refractivity contribution in [2.24, 2.45) is 5.92 Å². The van der Waals surface area contributed by atoms with E-state index in [1.165, 1.54) is 5.56 Å². The quantitative estimate of drug-likeness (QED) is 0.454. The van der Waals surface area contributed by atoms with Crippen LogP contribution >= 0.6 is 0 Å². The minimum Gasteiger partial charge on any atom is -0.494 e. The van der Waals surface area contributed by atoms with Gasteiger partial charge in [0.15, 0.2) is 0 Å². The van der Waals surface area contributed by atoms with Crippen molar-refractivity contribution in [3.8, 4) is 22.8 Å². The smallest absolute Gasteiger partial charge is 0.364 e. The molecule has 136 valence electrons. The van der Waals surface area contributed by atoms with Crippen molar-refractivity contribution in [1.29, 1.82) is 0 Å². The van der Waals surface area contributed by atoms with Gasteiger partial charge in [0.1, 0.15) is 16.9 Å². The number of fused-ring (bicyclic) bond motifs is 1. The topological polar surface area (TPSA) is 29.8 Å². The van der Waals surface area contributed by atoms with Gasteiger partial charge in [0.25, 0.3) is 0 Å². The van der Waals surface area contributed by atoms with Gasteiger partial charge in [-0.05, 0) is 68.1 Å². The van der Waals surface area contributed by atoms with Gasteiger partial charge in [-0.1, -0.05) is 13.8 Å². The Morgan fingerprint density at radius 1 is 0.962 bits per heavy atom. The summed E-state index contributed by atoms with van der Waals surface area (Å²) in [6.07, 6.45) is 1.05. The lowest BCUT2D eigenvalue weighted by Gasteiger charge is -2.08. The van der Waals surface area contributed by atoms with E-state index in [2.05, 4.69) is 32.9 Å². The predicted molar refractivity (Wildman–Crippen MR) is 107 cm³/mol. The maximum Gasteiger partial charge on any atom is 0.364 e. The second kappa shape index (κ2) is 8.22. The van der Waals surface area contributed by atoms with E-state index in [0.29, 0.717) is 12.5 Å². The third-order valence-corrected chi connectivity index (χ3v) is 4.29. The van der Waals surface area contributed by atoms with E-state index < -0.39 is 0 Å². The van der Waals surface area contributed by atoms with Gasteiger partial charge in [0, 0.05) is 6.07 Å². The summed E-state index contributed by atoms with van der Waals surface area (Å²) in [5.74, 6) is 3.17. The monoisotopic (exact) mass is 351 g/mol. The summed E-state index contributed by atoms with van der Waals surface area (Å²) >= 11 is 0. The van der Waals surface area contributed by atoms with Crippen molar-refractivity contribution < 1.29 is 13.9 Å². The molecule has 0 N–H and O–H groups in total. The second-order valence-electron chi connectivity index (χ2n) is 6.96. The molecule has 1 aromatic heterocycles. The Bertz CT molecular complexity index is 867. The molecule has 0 amide bonds. The first kappa shape index (κ1) is 18.2. The van der Waals surface area contributed by atoms with E-state index in [1.54, 1.807) is 0 Å². The molecule has 0 aliphatic heterocycles. The lowest BCUT2D eigenvalue weighted by molar-refractivity contribution is 0.289. The van der Waals surface area contributed by atoms with Crippen LogP contribution in [0, 0.1) is 12.8 Å². The Morgan fingerprint density at radius 3 is 2.42 bits per heavy atom. The highest BCUT2D eigenvalue weighted by atomic mass is 16.5.